The minimum absolute atomic E-state index is 0.0109. The van der Waals surface area contributed by atoms with Gasteiger partial charge in [0.25, 0.3) is 0 Å². The number of aryl methyl sites for hydroxylation is 1. The van der Waals surface area contributed by atoms with E-state index in [2.05, 4.69) is 15.0 Å². The number of ether oxygens (including phenoxy) is 3. The molecule has 4 N–H and O–H groups in total. The maximum atomic E-state index is 12.2. The number of hydrogen-bond acceptors (Lipinski definition) is 9. The Balaban J connectivity index is 1.26. The molecule has 3 aromatic heterocycles. The molecule has 1 aliphatic carbocycles. The summed E-state index contributed by atoms with van der Waals surface area (Å²) in [5, 5.41) is 0.979. The molecule has 0 saturated heterocycles. The van der Waals surface area contributed by atoms with Gasteiger partial charge >= 0.3 is 5.97 Å². The average Bonchev–Trinajstić information content (AvgIpc) is 3.62. The first-order valence-electron chi connectivity index (χ1n) is 14.4. The molecule has 5 rings (SSSR count). The van der Waals surface area contributed by atoms with Crippen molar-refractivity contribution >= 4 is 46.7 Å². The molecule has 1 aliphatic rings. The Bertz CT molecular complexity index is 1630. The monoisotopic (exact) mass is 604 g/mol. The third kappa shape index (κ3) is 7.09. The molecule has 43 heavy (non-hydrogen) atoms. The van der Waals surface area contributed by atoms with Gasteiger partial charge in [-0.05, 0) is 57.2 Å². The van der Waals surface area contributed by atoms with Crippen molar-refractivity contribution in [1.82, 2.24) is 19.5 Å². The van der Waals surface area contributed by atoms with Crippen molar-refractivity contribution in [3.63, 3.8) is 0 Å². The molecule has 1 fully saturated rings. The van der Waals surface area contributed by atoms with Crippen LogP contribution in [0.4, 0.5) is 5.95 Å². The van der Waals surface area contributed by atoms with Crippen molar-refractivity contribution in [1.29, 1.82) is 0 Å². The summed E-state index contributed by atoms with van der Waals surface area (Å²) in [5.41, 5.74) is 17.2. The highest BCUT2D eigenvalue weighted by atomic mass is 35.5. The summed E-state index contributed by atoms with van der Waals surface area (Å²) in [6.45, 7) is 4.73. The van der Waals surface area contributed by atoms with E-state index < -0.39 is 6.04 Å². The number of fused-ring (bicyclic) bond motifs is 1. The van der Waals surface area contributed by atoms with Crippen LogP contribution < -0.4 is 20.9 Å². The van der Waals surface area contributed by atoms with E-state index in [1.54, 1.807) is 13.3 Å². The third-order valence-corrected chi connectivity index (χ3v) is 7.98. The number of esters is 1. The molecule has 1 saturated carbocycles. The van der Waals surface area contributed by atoms with Gasteiger partial charge < -0.3 is 30.2 Å². The van der Waals surface area contributed by atoms with Crippen LogP contribution in [0.3, 0.4) is 0 Å². The van der Waals surface area contributed by atoms with Crippen molar-refractivity contribution in [2.45, 2.75) is 64.6 Å². The predicted octanol–water partition coefficient (Wildman–Crippen LogP) is 5.49. The maximum Gasteiger partial charge on any atom is 0.323 e. The summed E-state index contributed by atoms with van der Waals surface area (Å²) in [5.74, 6) is 1.25. The molecule has 0 radical (unpaired) electrons. The van der Waals surface area contributed by atoms with Gasteiger partial charge in [-0.2, -0.15) is 4.98 Å². The van der Waals surface area contributed by atoms with Crippen LogP contribution in [0.25, 0.3) is 23.2 Å². The zero-order valence-electron chi connectivity index (χ0n) is 24.7. The quantitative estimate of drug-likeness (QED) is 0.168. The Morgan fingerprint density at radius 2 is 1.91 bits per heavy atom. The molecule has 11 heteroatoms. The van der Waals surface area contributed by atoms with Crippen molar-refractivity contribution in [2.24, 2.45) is 5.73 Å². The first kappa shape index (κ1) is 30.3. The highest BCUT2D eigenvalue weighted by Crippen LogP contribution is 2.31. The second kappa shape index (κ2) is 13.4. The van der Waals surface area contributed by atoms with Crippen LogP contribution in [0.2, 0.25) is 5.15 Å². The van der Waals surface area contributed by atoms with Crippen LogP contribution in [0.5, 0.6) is 11.5 Å². The van der Waals surface area contributed by atoms with Crippen LogP contribution >= 0.6 is 11.6 Å². The Morgan fingerprint density at radius 1 is 1.16 bits per heavy atom. The highest BCUT2D eigenvalue weighted by Gasteiger charge is 2.23. The second-order valence-corrected chi connectivity index (χ2v) is 11.2. The number of carbonyl (C=O) groups excluding carboxylic acids is 1. The van der Waals surface area contributed by atoms with Gasteiger partial charge in [-0.25, -0.2) is 4.98 Å². The second-order valence-electron chi connectivity index (χ2n) is 10.8. The van der Waals surface area contributed by atoms with Crippen molar-refractivity contribution in [2.75, 3.05) is 19.5 Å². The normalized spacial score (nSPS) is 14.4. The molecule has 10 nitrogen and oxygen atoms in total. The smallest absolute Gasteiger partial charge is 0.323 e. The number of carbonyl (C=O) groups is 1. The number of aromatic nitrogens is 4. The number of methoxy groups -OCH3 is 1. The van der Waals surface area contributed by atoms with Crippen LogP contribution in [-0.2, 0) is 16.1 Å². The summed E-state index contributed by atoms with van der Waals surface area (Å²) in [6, 6.07) is 6.95. The number of nitrogen functional groups attached to an aromatic ring is 1. The van der Waals surface area contributed by atoms with Crippen molar-refractivity contribution in [3.8, 4) is 11.5 Å². The zero-order valence-corrected chi connectivity index (χ0v) is 25.4. The number of anilines is 1. The molecule has 1 unspecified atom stereocenters. The van der Waals surface area contributed by atoms with Crippen LogP contribution in [0.15, 0.2) is 36.7 Å². The number of nitrogens with two attached hydrogens (primary N) is 2. The predicted molar refractivity (Wildman–Crippen MR) is 168 cm³/mol. The fraction of sp³-hybridized carbons (Fsp3) is 0.375. The topological polar surface area (TPSA) is 140 Å². The molecule has 3 heterocycles. The van der Waals surface area contributed by atoms with E-state index in [1.807, 2.05) is 61.0 Å². The molecule has 0 aliphatic heterocycles. The van der Waals surface area contributed by atoms with Crippen molar-refractivity contribution < 1.29 is 19.0 Å². The first-order chi connectivity index (χ1) is 20.7. The number of benzene rings is 1. The lowest BCUT2D eigenvalue weighted by Gasteiger charge is -2.16. The minimum atomic E-state index is -0.691. The molecular formula is C32H37ClN6O4. The fourth-order valence-electron chi connectivity index (χ4n) is 5.37. The summed E-state index contributed by atoms with van der Waals surface area (Å²) in [4.78, 5) is 25.5. The molecule has 0 amide bonds. The first-order valence-corrected chi connectivity index (χ1v) is 14.8. The molecular weight excluding hydrogens is 568 g/mol. The Morgan fingerprint density at radius 3 is 2.63 bits per heavy atom. The number of rotatable bonds is 11. The van der Waals surface area contributed by atoms with Gasteiger partial charge in [-0.1, -0.05) is 35.9 Å². The summed E-state index contributed by atoms with van der Waals surface area (Å²) in [6.07, 6.45) is 12.2. The number of halogens is 1. The molecule has 0 spiro atoms. The van der Waals surface area contributed by atoms with Gasteiger partial charge in [0.15, 0.2) is 0 Å². The van der Waals surface area contributed by atoms with E-state index >= 15 is 0 Å². The van der Waals surface area contributed by atoms with Crippen LogP contribution in [0, 0.1) is 13.8 Å². The van der Waals surface area contributed by atoms with E-state index in [0.29, 0.717) is 36.4 Å². The Labute approximate surface area is 256 Å². The third-order valence-electron chi connectivity index (χ3n) is 7.71. The molecule has 4 aromatic rings. The van der Waals surface area contributed by atoms with Gasteiger partial charge in [-0.15, -0.1) is 0 Å². The lowest BCUT2D eigenvalue weighted by atomic mass is 10.1. The minimum Gasteiger partial charge on any atom is -0.496 e. The summed E-state index contributed by atoms with van der Waals surface area (Å²) >= 11 is 6.55. The fourth-order valence-corrected chi connectivity index (χ4v) is 5.65. The van der Waals surface area contributed by atoms with E-state index in [4.69, 9.17) is 37.3 Å². The number of nitrogens with zero attached hydrogens (tertiary/aromatic N) is 4. The largest absolute Gasteiger partial charge is 0.496 e. The van der Waals surface area contributed by atoms with Gasteiger partial charge in [0, 0.05) is 35.5 Å². The summed E-state index contributed by atoms with van der Waals surface area (Å²) in [7, 11) is 1.66. The summed E-state index contributed by atoms with van der Waals surface area (Å²) < 4.78 is 18.9. The van der Waals surface area contributed by atoms with E-state index in [9.17, 15) is 4.79 Å². The molecule has 1 aromatic carbocycles. The lowest BCUT2D eigenvalue weighted by molar-refractivity contribution is -0.150. The standard InChI is InChI=1S/C32H37ClN6O4/c1-19-16-36-26(20(2)28(19)41-3)18-39-17-22(27-29(33)37-32(35)38-30(27)39)11-8-21-9-12-23(13-10-21)42-15-14-25(34)31(40)43-24-6-4-5-7-24/h8-13,16-17,24-25H,4-7,14-15,18,34H2,1-3H3,(H2,35,37,38). The zero-order chi connectivity index (χ0) is 30.5. The average molecular weight is 605 g/mol. The molecule has 226 valence electrons. The highest BCUT2D eigenvalue weighted by molar-refractivity contribution is 6.34. The number of pyridine rings is 1. The van der Waals surface area contributed by atoms with Crippen molar-refractivity contribution in [3.05, 3.63) is 69.8 Å². The van der Waals surface area contributed by atoms with Gasteiger partial charge in [0.05, 0.1) is 31.3 Å². The molecule has 1 atom stereocenters. The Hall–Kier alpha value is -4.15. The SMILES string of the molecule is COc1c(C)cnc(Cn2cc(C=Cc3ccc(OCCC(N)C(=O)OC4CCCC4)cc3)c3c(Cl)nc(N)nc32)c1C. The van der Waals surface area contributed by atoms with E-state index in [1.165, 1.54) is 0 Å². The van der Waals surface area contributed by atoms with Gasteiger partial charge in [-0.3, -0.25) is 9.78 Å². The van der Waals surface area contributed by atoms with E-state index in [-0.39, 0.29) is 23.2 Å². The van der Waals surface area contributed by atoms with Gasteiger partial charge in [0.1, 0.15) is 34.4 Å². The maximum absolute atomic E-state index is 12.2. The van der Waals surface area contributed by atoms with Crippen LogP contribution in [-0.4, -0.2) is 51.4 Å². The Kier molecular flexibility index (Phi) is 9.47. The lowest BCUT2D eigenvalue weighted by Crippen LogP contribution is -2.35. The van der Waals surface area contributed by atoms with Gasteiger partial charge in [0.2, 0.25) is 5.95 Å². The van der Waals surface area contributed by atoms with Crippen LogP contribution in [0.1, 0.15) is 60.1 Å². The van der Waals surface area contributed by atoms with E-state index in [0.717, 1.165) is 59.4 Å². The number of hydrogen-bond donors (Lipinski definition) is 2. The molecule has 0 bridgehead atoms.